The Morgan fingerprint density at radius 3 is 2.78 bits per heavy atom. The minimum atomic E-state index is -0.182. The van der Waals surface area contributed by atoms with Crippen LogP contribution in [0.4, 0.5) is 5.69 Å². The Labute approximate surface area is 133 Å². The first kappa shape index (κ1) is 12.9. The molecule has 0 spiro atoms. The molecule has 2 aliphatic heterocycles. The lowest BCUT2D eigenvalue weighted by molar-refractivity contribution is -0.117. The van der Waals surface area contributed by atoms with Crippen LogP contribution in [0.3, 0.4) is 0 Å². The van der Waals surface area contributed by atoms with Gasteiger partial charge in [0.25, 0.3) is 0 Å². The van der Waals surface area contributed by atoms with Gasteiger partial charge in [-0.25, -0.2) is 0 Å². The van der Waals surface area contributed by atoms with Gasteiger partial charge in [0.1, 0.15) is 0 Å². The number of aromatic amines is 1. The van der Waals surface area contributed by atoms with E-state index in [0.717, 1.165) is 35.4 Å². The van der Waals surface area contributed by atoms with E-state index in [1.807, 2.05) is 24.3 Å². The molecule has 4 nitrogen and oxygen atoms in total. The number of amides is 1. The molecule has 4 heteroatoms. The molecule has 2 aliphatic rings. The molecular formula is C19H17N3O. The van der Waals surface area contributed by atoms with Crippen LogP contribution in [0.5, 0.6) is 0 Å². The van der Waals surface area contributed by atoms with Crippen LogP contribution < -0.4 is 10.6 Å². The summed E-state index contributed by atoms with van der Waals surface area (Å²) in [6.45, 7) is 0.894. The van der Waals surface area contributed by atoms with Crippen molar-refractivity contribution in [3.05, 3.63) is 65.4 Å². The molecule has 0 radical (unpaired) electrons. The zero-order chi connectivity index (χ0) is 15.4. The van der Waals surface area contributed by atoms with E-state index in [1.165, 1.54) is 10.9 Å². The average Bonchev–Trinajstić information content (AvgIpc) is 3.11. The molecule has 2 atom stereocenters. The smallest absolute Gasteiger partial charge is 0.234 e. The highest BCUT2D eigenvalue weighted by molar-refractivity contribution is 6.03. The fourth-order valence-electron chi connectivity index (χ4n) is 4.06. The van der Waals surface area contributed by atoms with E-state index in [4.69, 9.17) is 0 Å². The third-order valence-corrected chi connectivity index (χ3v) is 5.07. The number of H-pyrrole nitrogens is 1. The zero-order valence-corrected chi connectivity index (χ0v) is 12.6. The highest BCUT2D eigenvalue weighted by atomic mass is 16.2. The highest BCUT2D eigenvalue weighted by Crippen LogP contribution is 2.43. The van der Waals surface area contributed by atoms with Gasteiger partial charge in [0.2, 0.25) is 5.91 Å². The Hall–Kier alpha value is -2.59. The molecule has 0 unspecified atom stereocenters. The molecule has 3 aromatic rings. The molecule has 5 rings (SSSR count). The van der Waals surface area contributed by atoms with Gasteiger partial charge in [-0.15, -0.1) is 0 Å². The normalized spacial score (nSPS) is 22.7. The second-order valence-electron chi connectivity index (χ2n) is 6.30. The Kier molecular flexibility index (Phi) is 2.64. The molecule has 0 bridgehead atoms. The van der Waals surface area contributed by atoms with Crippen molar-refractivity contribution in [3.8, 4) is 0 Å². The van der Waals surface area contributed by atoms with E-state index in [-0.39, 0.29) is 17.9 Å². The first-order valence-corrected chi connectivity index (χ1v) is 8.05. The molecule has 1 aromatic heterocycles. The summed E-state index contributed by atoms with van der Waals surface area (Å²) in [6.07, 6.45) is 0.992. The molecule has 23 heavy (non-hydrogen) atoms. The Morgan fingerprint density at radius 1 is 1.00 bits per heavy atom. The molecule has 114 valence electrons. The van der Waals surface area contributed by atoms with Crippen LogP contribution in [0.2, 0.25) is 0 Å². The molecule has 3 heterocycles. The van der Waals surface area contributed by atoms with Crippen LogP contribution in [-0.4, -0.2) is 17.4 Å². The van der Waals surface area contributed by atoms with E-state index in [1.54, 1.807) is 0 Å². The van der Waals surface area contributed by atoms with Crippen molar-refractivity contribution < 1.29 is 4.79 Å². The average molecular weight is 303 g/mol. The summed E-state index contributed by atoms with van der Waals surface area (Å²) >= 11 is 0. The lowest BCUT2D eigenvalue weighted by atomic mass is 9.86. The number of aromatic nitrogens is 1. The van der Waals surface area contributed by atoms with Gasteiger partial charge in [0.15, 0.2) is 0 Å². The second kappa shape index (κ2) is 4.70. The first-order chi connectivity index (χ1) is 11.3. The summed E-state index contributed by atoms with van der Waals surface area (Å²) in [5, 5.41) is 7.85. The van der Waals surface area contributed by atoms with E-state index < -0.39 is 0 Å². The summed E-state index contributed by atoms with van der Waals surface area (Å²) in [6, 6.07) is 16.4. The SMILES string of the molecule is O=C1Nc2ccccc2[C@H]1[C@@H]1NCCc2c1[nH]c1ccccc21. The third-order valence-electron chi connectivity index (χ3n) is 5.07. The minimum absolute atomic E-state index is 0.00481. The van der Waals surface area contributed by atoms with Gasteiger partial charge in [-0.3, -0.25) is 4.79 Å². The Morgan fingerprint density at radius 2 is 1.83 bits per heavy atom. The number of anilines is 1. The van der Waals surface area contributed by atoms with Crippen molar-refractivity contribution in [2.75, 3.05) is 11.9 Å². The number of hydrogen-bond donors (Lipinski definition) is 3. The molecule has 0 saturated carbocycles. The standard InChI is InChI=1S/C19H17N3O/c23-19-16(13-6-2-4-8-15(13)22-19)18-17-12(9-10-20-18)11-5-1-3-7-14(11)21-17/h1-8,16,18,20-21H,9-10H2,(H,22,23)/t16-,18-/m0/s1. The van der Waals surface area contributed by atoms with Gasteiger partial charge in [-0.2, -0.15) is 0 Å². The Balaban J connectivity index is 1.68. The number of hydrogen-bond acceptors (Lipinski definition) is 2. The molecule has 0 aliphatic carbocycles. The molecule has 1 amide bonds. The third kappa shape index (κ3) is 1.79. The minimum Gasteiger partial charge on any atom is -0.357 e. The van der Waals surface area contributed by atoms with Gasteiger partial charge in [0, 0.05) is 22.3 Å². The number of carbonyl (C=O) groups excluding carboxylic acids is 1. The summed E-state index contributed by atoms with van der Waals surface area (Å²) in [4.78, 5) is 16.1. The number of para-hydroxylation sites is 2. The summed E-state index contributed by atoms with van der Waals surface area (Å²) in [5.41, 5.74) is 5.68. The van der Waals surface area contributed by atoms with E-state index in [0.29, 0.717) is 0 Å². The van der Waals surface area contributed by atoms with Crippen LogP contribution in [0.25, 0.3) is 10.9 Å². The van der Waals surface area contributed by atoms with E-state index >= 15 is 0 Å². The van der Waals surface area contributed by atoms with Crippen LogP contribution in [0, 0.1) is 0 Å². The summed E-state index contributed by atoms with van der Waals surface area (Å²) < 4.78 is 0. The number of rotatable bonds is 1. The molecule has 0 saturated heterocycles. The van der Waals surface area contributed by atoms with Gasteiger partial charge in [-0.1, -0.05) is 36.4 Å². The van der Waals surface area contributed by atoms with Crippen LogP contribution in [0.15, 0.2) is 48.5 Å². The fraction of sp³-hybridized carbons (Fsp3) is 0.211. The van der Waals surface area contributed by atoms with Crippen molar-refractivity contribution in [2.24, 2.45) is 0 Å². The fourth-order valence-corrected chi connectivity index (χ4v) is 4.06. The van der Waals surface area contributed by atoms with Crippen molar-refractivity contribution in [1.82, 2.24) is 10.3 Å². The van der Waals surface area contributed by atoms with Crippen LogP contribution in [0.1, 0.15) is 28.8 Å². The van der Waals surface area contributed by atoms with Gasteiger partial charge in [-0.05, 0) is 36.2 Å². The number of carbonyl (C=O) groups is 1. The molecule has 3 N–H and O–H groups in total. The zero-order valence-electron chi connectivity index (χ0n) is 12.6. The number of benzene rings is 2. The van der Waals surface area contributed by atoms with Crippen LogP contribution >= 0.6 is 0 Å². The topological polar surface area (TPSA) is 56.9 Å². The van der Waals surface area contributed by atoms with E-state index in [2.05, 4.69) is 39.9 Å². The molecule has 2 aromatic carbocycles. The van der Waals surface area contributed by atoms with E-state index in [9.17, 15) is 4.79 Å². The number of nitrogens with one attached hydrogen (secondary N) is 3. The highest BCUT2D eigenvalue weighted by Gasteiger charge is 2.40. The maximum absolute atomic E-state index is 12.6. The van der Waals surface area contributed by atoms with Gasteiger partial charge >= 0.3 is 0 Å². The molecular weight excluding hydrogens is 286 g/mol. The van der Waals surface area contributed by atoms with Crippen molar-refractivity contribution in [3.63, 3.8) is 0 Å². The van der Waals surface area contributed by atoms with Crippen molar-refractivity contribution in [1.29, 1.82) is 0 Å². The maximum atomic E-state index is 12.6. The lowest BCUT2D eigenvalue weighted by Gasteiger charge is -2.28. The quantitative estimate of drug-likeness (QED) is 0.647. The largest absolute Gasteiger partial charge is 0.357 e. The van der Waals surface area contributed by atoms with Gasteiger partial charge < -0.3 is 15.6 Å². The van der Waals surface area contributed by atoms with Crippen molar-refractivity contribution >= 4 is 22.5 Å². The summed E-state index contributed by atoms with van der Waals surface area (Å²) in [5.74, 6) is -0.103. The Bertz CT molecular complexity index is 927. The predicted octanol–water partition coefficient (Wildman–Crippen LogP) is 3.09. The number of fused-ring (bicyclic) bond motifs is 4. The van der Waals surface area contributed by atoms with Gasteiger partial charge in [0.05, 0.1) is 12.0 Å². The first-order valence-electron chi connectivity index (χ1n) is 8.05. The van der Waals surface area contributed by atoms with Crippen LogP contribution in [-0.2, 0) is 11.2 Å². The predicted molar refractivity (Wildman–Crippen MR) is 90.6 cm³/mol. The molecule has 0 fully saturated rings. The monoisotopic (exact) mass is 303 g/mol. The lowest BCUT2D eigenvalue weighted by Crippen LogP contribution is -2.36. The van der Waals surface area contributed by atoms with Crippen molar-refractivity contribution in [2.45, 2.75) is 18.4 Å². The second-order valence-corrected chi connectivity index (χ2v) is 6.30. The summed E-state index contributed by atoms with van der Waals surface area (Å²) in [7, 11) is 0. The maximum Gasteiger partial charge on any atom is 0.234 e.